The SMILES string of the molecule is COC(=O)[C@@H](C)C[C@H](Cc1ccc(F)cc1)NC(=O)c1csc([C@@H](CC(C(C)C)N(C)C(=O)CC2CC2)OC(C)=O)n1. The van der Waals surface area contributed by atoms with Crippen molar-refractivity contribution in [1.29, 1.82) is 0 Å². The summed E-state index contributed by atoms with van der Waals surface area (Å²) in [6, 6.07) is 5.33. The van der Waals surface area contributed by atoms with E-state index in [-0.39, 0.29) is 29.4 Å². The average Bonchev–Trinajstić information content (AvgIpc) is 3.61. The first kappa shape index (κ1) is 33.2. The first-order valence-corrected chi connectivity index (χ1v) is 15.3. The highest BCUT2D eigenvalue weighted by Gasteiger charge is 2.33. The summed E-state index contributed by atoms with van der Waals surface area (Å²) in [6.45, 7) is 7.09. The van der Waals surface area contributed by atoms with Crippen LogP contribution in [0.2, 0.25) is 0 Å². The molecule has 0 bridgehead atoms. The van der Waals surface area contributed by atoms with Crippen molar-refractivity contribution < 1.29 is 33.0 Å². The second-order valence-corrected chi connectivity index (χ2v) is 12.4. The van der Waals surface area contributed by atoms with Crippen molar-refractivity contribution in [3.05, 3.63) is 51.7 Å². The number of hydrogen-bond donors (Lipinski definition) is 1. The first-order valence-electron chi connectivity index (χ1n) is 14.4. The lowest BCUT2D eigenvalue weighted by Crippen LogP contribution is -2.42. The van der Waals surface area contributed by atoms with Crippen molar-refractivity contribution in [2.45, 2.75) is 84.4 Å². The number of nitrogens with one attached hydrogen (secondary N) is 1. The molecule has 4 atom stereocenters. The number of carbonyl (C=O) groups is 4. The average molecular weight is 604 g/mol. The van der Waals surface area contributed by atoms with E-state index in [0.29, 0.717) is 36.6 Å². The molecule has 1 aromatic heterocycles. The highest BCUT2D eigenvalue weighted by molar-refractivity contribution is 7.09. The first-order chi connectivity index (χ1) is 19.9. The zero-order valence-corrected chi connectivity index (χ0v) is 26.0. The zero-order chi connectivity index (χ0) is 31.0. The lowest BCUT2D eigenvalue weighted by molar-refractivity contribution is -0.148. The summed E-state index contributed by atoms with van der Waals surface area (Å²) < 4.78 is 23.9. The second-order valence-electron chi connectivity index (χ2n) is 11.5. The molecule has 0 aliphatic heterocycles. The summed E-state index contributed by atoms with van der Waals surface area (Å²) in [7, 11) is 3.10. The molecule has 1 unspecified atom stereocenters. The van der Waals surface area contributed by atoms with Crippen molar-refractivity contribution in [3.63, 3.8) is 0 Å². The molecule has 1 fully saturated rings. The van der Waals surface area contributed by atoms with Gasteiger partial charge in [0.15, 0.2) is 6.10 Å². The van der Waals surface area contributed by atoms with Crippen molar-refractivity contribution in [2.24, 2.45) is 17.8 Å². The quantitative estimate of drug-likeness (QED) is 0.282. The Balaban J connectivity index is 1.76. The van der Waals surface area contributed by atoms with Crippen molar-refractivity contribution in [3.8, 4) is 0 Å². The van der Waals surface area contributed by atoms with Crippen LogP contribution in [0.4, 0.5) is 4.39 Å². The maximum absolute atomic E-state index is 13.4. The maximum Gasteiger partial charge on any atom is 0.308 e. The number of amides is 2. The van der Waals surface area contributed by atoms with Gasteiger partial charge in [-0.1, -0.05) is 32.9 Å². The fourth-order valence-corrected chi connectivity index (χ4v) is 5.86. The minimum atomic E-state index is -0.730. The van der Waals surface area contributed by atoms with Crippen molar-refractivity contribution >= 4 is 35.1 Å². The summed E-state index contributed by atoms with van der Waals surface area (Å²) in [5, 5.41) is 5.02. The third-order valence-electron chi connectivity index (χ3n) is 7.59. The van der Waals surface area contributed by atoms with Gasteiger partial charge in [0.25, 0.3) is 5.91 Å². The molecule has 1 aliphatic rings. The summed E-state index contributed by atoms with van der Waals surface area (Å²) in [4.78, 5) is 56.6. The fraction of sp³-hybridized carbons (Fsp3) is 0.581. The molecule has 42 heavy (non-hydrogen) atoms. The number of thiazole rings is 1. The number of benzene rings is 1. The summed E-state index contributed by atoms with van der Waals surface area (Å²) >= 11 is 1.21. The highest BCUT2D eigenvalue weighted by Crippen LogP contribution is 2.35. The lowest BCUT2D eigenvalue weighted by atomic mass is 9.95. The Morgan fingerprint density at radius 1 is 1.12 bits per heavy atom. The van der Waals surface area contributed by atoms with Gasteiger partial charge in [0.1, 0.15) is 16.5 Å². The van der Waals surface area contributed by atoms with Crippen LogP contribution < -0.4 is 5.32 Å². The van der Waals surface area contributed by atoms with Gasteiger partial charge in [0.2, 0.25) is 5.91 Å². The van der Waals surface area contributed by atoms with Crippen LogP contribution in [0.5, 0.6) is 0 Å². The number of nitrogens with zero attached hydrogens (tertiary/aromatic N) is 2. The molecule has 1 saturated carbocycles. The fourth-order valence-electron chi connectivity index (χ4n) is 5.02. The van der Waals surface area contributed by atoms with Crippen LogP contribution in [-0.2, 0) is 30.3 Å². The molecular formula is C31H42FN3O6S. The smallest absolute Gasteiger partial charge is 0.308 e. The van der Waals surface area contributed by atoms with E-state index >= 15 is 0 Å². The Morgan fingerprint density at radius 2 is 1.79 bits per heavy atom. The van der Waals surface area contributed by atoms with Gasteiger partial charge in [-0.25, -0.2) is 9.37 Å². The number of esters is 2. The molecule has 1 aromatic carbocycles. The number of carbonyl (C=O) groups excluding carboxylic acids is 4. The molecule has 1 N–H and O–H groups in total. The van der Waals surface area contributed by atoms with E-state index in [4.69, 9.17) is 9.47 Å². The van der Waals surface area contributed by atoms with Gasteiger partial charge in [0.05, 0.1) is 13.0 Å². The molecular weight excluding hydrogens is 561 g/mol. The van der Waals surface area contributed by atoms with E-state index in [1.807, 2.05) is 13.8 Å². The highest BCUT2D eigenvalue weighted by atomic mass is 32.1. The van der Waals surface area contributed by atoms with Crippen LogP contribution in [0.15, 0.2) is 29.6 Å². The van der Waals surface area contributed by atoms with E-state index in [0.717, 1.165) is 18.4 Å². The molecule has 2 amide bonds. The Hall–Kier alpha value is -3.34. The normalized spacial score (nSPS) is 15.8. The molecule has 3 rings (SSSR count). The van der Waals surface area contributed by atoms with Crippen LogP contribution >= 0.6 is 11.3 Å². The standard InChI is InChI=1S/C31H42FN3O6S/c1-18(2)26(35(5)28(37)15-22-7-8-22)16-27(41-20(4)36)30-34-25(17-42-30)29(38)33-24(13-19(3)31(39)40-6)14-21-9-11-23(32)12-10-21/h9-12,17-19,22,24,26-27H,7-8,13-16H2,1-6H3,(H,33,38)/t19-,24+,26?,27+/m0/s1. The number of rotatable bonds is 15. The van der Waals surface area contributed by atoms with Crippen molar-refractivity contribution in [2.75, 3.05) is 14.2 Å². The molecule has 230 valence electrons. The second kappa shape index (κ2) is 15.2. The number of halogens is 1. The maximum atomic E-state index is 13.4. The van der Waals surface area contributed by atoms with Gasteiger partial charge in [-0.2, -0.15) is 0 Å². The number of hydrogen-bond acceptors (Lipinski definition) is 8. The third kappa shape index (κ3) is 9.89. The summed E-state index contributed by atoms with van der Waals surface area (Å²) in [5.41, 5.74) is 0.953. The molecule has 1 aliphatic carbocycles. The Labute approximate surface area is 251 Å². The largest absolute Gasteiger partial charge is 0.469 e. The molecule has 0 radical (unpaired) electrons. The van der Waals surface area contributed by atoms with E-state index in [1.165, 1.54) is 37.5 Å². The van der Waals surface area contributed by atoms with Gasteiger partial charge in [-0.05, 0) is 55.2 Å². The van der Waals surface area contributed by atoms with E-state index in [9.17, 15) is 23.6 Å². The molecule has 0 saturated heterocycles. The number of aromatic nitrogens is 1. The molecule has 2 aromatic rings. The molecule has 0 spiro atoms. The van der Waals surface area contributed by atoms with Crippen LogP contribution in [0.3, 0.4) is 0 Å². The zero-order valence-electron chi connectivity index (χ0n) is 25.2. The van der Waals surface area contributed by atoms with Gasteiger partial charge < -0.3 is 19.7 Å². The number of ether oxygens (including phenoxy) is 2. The van der Waals surface area contributed by atoms with E-state index in [2.05, 4.69) is 10.3 Å². The van der Waals surface area contributed by atoms with Crippen LogP contribution in [-0.4, -0.2) is 59.9 Å². The lowest BCUT2D eigenvalue weighted by Gasteiger charge is -2.33. The van der Waals surface area contributed by atoms with Gasteiger partial charge in [-0.15, -0.1) is 11.3 Å². The Morgan fingerprint density at radius 3 is 2.36 bits per heavy atom. The van der Waals surface area contributed by atoms with Gasteiger partial charge >= 0.3 is 11.9 Å². The molecule has 11 heteroatoms. The molecule has 9 nitrogen and oxygen atoms in total. The predicted molar refractivity (Wildman–Crippen MR) is 157 cm³/mol. The van der Waals surface area contributed by atoms with E-state index < -0.39 is 35.9 Å². The van der Waals surface area contributed by atoms with Crippen LogP contribution in [0.1, 0.15) is 87.0 Å². The monoisotopic (exact) mass is 603 g/mol. The minimum absolute atomic E-state index is 0.0744. The third-order valence-corrected chi connectivity index (χ3v) is 8.52. The van der Waals surface area contributed by atoms with Crippen molar-refractivity contribution in [1.82, 2.24) is 15.2 Å². The van der Waals surface area contributed by atoms with Gasteiger partial charge in [-0.3, -0.25) is 19.2 Å². The Kier molecular flexibility index (Phi) is 12.0. The topological polar surface area (TPSA) is 115 Å². The van der Waals surface area contributed by atoms with Crippen LogP contribution in [0.25, 0.3) is 0 Å². The molecule has 1 heterocycles. The van der Waals surface area contributed by atoms with Crippen LogP contribution in [0, 0.1) is 23.6 Å². The minimum Gasteiger partial charge on any atom is -0.469 e. The summed E-state index contributed by atoms with van der Waals surface area (Å²) in [6.07, 6.45) is 2.98. The van der Waals surface area contributed by atoms with Gasteiger partial charge in [0, 0.05) is 44.3 Å². The number of methoxy groups -OCH3 is 1. The Bertz CT molecular complexity index is 1230. The predicted octanol–water partition coefficient (Wildman–Crippen LogP) is 5.10. The van der Waals surface area contributed by atoms with E-state index in [1.54, 1.807) is 36.4 Å². The summed E-state index contributed by atoms with van der Waals surface area (Å²) in [5.74, 6) is -1.53.